The highest BCUT2D eigenvalue weighted by Crippen LogP contribution is 2.11. The predicted octanol–water partition coefficient (Wildman–Crippen LogP) is 2.59. The Bertz CT molecular complexity index is 327. The van der Waals surface area contributed by atoms with Crippen LogP contribution in [0.4, 0.5) is 0 Å². The fourth-order valence-electron chi connectivity index (χ4n) is 1.17. The fourth-order valence-corrected chi connectivity index (χ4v) is 2.16. The van der Waals surface area contributed by atoms with Gasteiger partial charge in [-0.25, -0.2) is 4.98 Å². The summed E-state index contributed by atoms with van der Waals surface area (Å²) in [4.78, 5) is 16.2. The van der Waals surface area contributed by atoms with Crippen molar-refractivity contribution in [2.75, 3.05) is 6.54 Å². The molecule has 1 heterocycles. The quantitative estimate of drug-likeness (QED) is 0.812. The number of halogens is 1. The zero-order valence-corrected chi connectivity index (χ0v) is 10.5. The smallest absolute Gasteiger partial charge is 0.263 e. The molecular weight excluding hydrogens is 232 g/mol. The monoisotopic (exact) mass is 246 g/mol. The van der Waals surface area contributed by atoms with Gasteiger partial charge >= 0.3 is 0 Å². The number of aryl methyl sites for hydroxylation is 1. The third kappa shape index (κ3) is 4.18. The van der Waals surface area contributed by atoms with Gasteiger partial charge in [-0.2, -0.15) is 0 Å². The number of carbonyl (C=O) groups is 1. The lowest BCUT2D eigenvalue weighted by molar-refractivity contribution is 0.0957. The molecule has 0 aliphatic heterocycles. The molecule has 5 heteroatoms. The summed E-state index contributed by atoms with van der Waals surface area (Å²) in [6, 6.07) is 0. The second kappa shape index (κ2) is 6.08. The third-order valence-electron chi connectivity index (χ3n) is 1.93. The van der Waals surface area contributed by atoms with E-state index in [4.69, 9.17) is 11.6 Å². The van der Waals surface area contributed by atoms with Crippen LogP contribution in [0, 0.1) is 6.92 Å². The summed E-state index contributed by atoms with van der Waals surface area (Å²) >= 11 is 7.39. The van der Waals surface area contributed by atoms with E-state index in [0.717, 1.165) is 17.8 Å². The topological polar surface area (TPSA) is 42.0 Å². The van der Waals surface area contributed by atoms with Crippen LogP contribution >= 0.6 is 22.9 Å². The Kier molecular flexibility index (Phi) is 5.05. The van der Waals surface area contributed by atoms with E-state index in [-0.39, 0.29) is 11.3 Å². The second-order valence-corrected chi connectivity index (χ2v) is 5.19. The Morgan fingerprint density at radius 2 is 2.47 bits per heavy atom. The summed E-state index contributed by atoms with van der Waals surface area (Å²) in [6.45, 7) is 4.47. The van der Waals surface area contributed by atoms with Crippen LogP contribution in [0.1, 0.15) is 34.4 Å². The van der Waals surface area contributed by atoms with Gasteiger partial charge in [0.2, 0.25) is 0 Å². The molecule has 1 amide bonds. The number of hydrogen-bond donors (Lipinski definition) is 1. The molecule has 1 unspecified atom stereocenters. The van der Waals surface area contributed by atoms with Gasteiger partial charge in [0.05, 0.1) is 16.6 Å². The Morgan fingerprint density at radius 1 is 1.73 bits per heavy atom. The molecule has 0 aromatic carbocycles. The van der Waals surface area contributed by atoms with Crippen LogP contribution in [0.2, 0.25) is 0 Å². The number of carbonyl (C=O) groups excluding carboxylic acids is 1. The van der Waals surface area contributed by atoms with Crippen molar-refractivity contribution >= 4 is 28.8 Å². The molecule has 84 valence electrons. The van der Waals surface area contributed by atoms with Gasteiger partial charge in [0, 0.05) is 6.54 Å². The molecule has 0 saturated carbocycles. The third-order valence-corrected chi connectivity index (χ3v) is 3.22. The Hall–Kier alpha value is -0.610. The van der Waals surface area contributed by atoms with Gasteiger partial charge in [-0.1, -0.05) is 13.3 Å². The van der Waals surface area contributed by atoms with Crippen LogP contribution in [-0.4, -0.2) is 22.8 Å². The first-order valence-corrected chi connectivity index (χ1v) is 6.23. The van der Waals surface area contributed by atoms with Gasteiger partial charge in [0.1, 0.15) is 4.88 Å². The predicted molar refractivity (Wildman–Crippen MR) is 63.7 cm³/mol. The van der Waals surface area contributed by atoms with E-state index >= 15 is 0 Å². The molecule has 3 nitrogen and oxygen atoms in total. The molecule has 1 aromatic rings. The molecule has 1 rings (SSSR count). The first-order chi connectivity index (χ1) is 7.13. The van der Waals surface area contributed by atoms with E-state index in [9.17, 15) is 4.79 Å². The van der Waals surface area contributed by atoms with Crippen molar-refractivity contribution in [1.29, 1.82) is 0 Å². The van der Waals surface area contributed by atoms with Crippen LogP contribution in [0.3, 0.4) is 0 Å². The van der Waals surface area contributed by atoms with Crippen molar-refractivity contribution in [3.05, 3.63) is 16.1 Å². The number of rotatable bonds is 5. The van der Waals surface area contributed by atoms with Gasteiger partial charge in [-0.15, -0.1) is 22.9 Å². The minimum absolute atomic E-state index is 0.0213. The summed E-state index contributed by atoms with van der Waals surface area (Å²) in [6.07, 6.45) is 3.55. The molecule has 0 fully saturated rings. The van der Waals surface area contributed by atoms with Gasteiger partial charge in [-0.3, -0.25) is 4.79 Å². The highest BCUT2D eigenvalue weighted by Gasteiger charge is 2.10. The first kappa shape index (κ1) is 12.5. The maximum Gasteiger partial charge on any atom is 0.263 e. The van der Waals surface area contributed by atoms with E-state index in [1.165, 1.54) is 11.3 Å². The maximum absolute atomic E-state index is 11.6. The van der Waals surface area contributed by atoms with Crippen molar-refractivity contribution in [2.24, 2.45) is 0 Å². The van der Waals surface area contributed by atoms with Gasteiger partial charge < -0.3 is 5.32 Å². The molecule has 0 bridgehead atoms. The van der Waals surface area contributed by atoms with E-state index in [1.807, 2.05) is 6.92 Å². The standard InChI is InChI=1S/C10H15ClN2OS/c1-3-4-8(11)5-13-10(14)9-6-12-7(2)15-9/h6,8H,3-5H2,1-2H3,(H,13,14). The van der Waals surface area contributed by atoms with E-state index in [1.54, 1.807) is 6.20 Å². The van der Waals surface area contributed by atoms with E-state index < -0.39 is 0 Å². The number of hydrogen-bond acceptors (Lipinski definition) is 3. The van der Waals surface area contributed by atoms with Crippen molar-refractivity contribution in [1.82, 2.24) is 10.3 Å². The molecule has 0 radical (unpaired) electrons. The number of nitrogens with zero attached hydrogens (tertiary/aromatic N) is 1. The zero-order chi connectivity index (χ0) is 11.3. The molecule has 0 saturated heterocycles. The van der Waals surface area contributed by atoms with E-state index in [2.05, 4.69) is 17.2 Å². The van der Waals surface area contributed by atoms with Crippen molar-refractivity contribution < 1.29 is 4.79 Å². The molecule has 1 N–H and O–H groups in total. The van der Waals surface area contributed by atoms with Crippen LogP contribution < -0.4 is 5.32 Å². The van der Waals surface area contributed by atoms with E-state index in [0.29, 0.717) is 11.4 Å². The number of amides is 1. The highest BCUT2D eigenvalue weighted by atomic mass is 35.5. The molecule has 0 aliphatic rings. The molecule has 1 aromatic heterocycles. The van der Waals surface area contributed by atoms with Crippen LogP contribution in [-0.2, 0) is 0 Å². The molecule has 0 spiro atoms. The van der Waals surface area contributed by atoms with Crippen molar-refractivity contribution in [2.45, 2.75) is 32.1 Å². The normalized spacial score (nSPS) is 12.5. The lowest BCUT2D eigenvalue weighted by Gasteiger charge is -2.08. The minimum Gasteiger partial charge on any atom is -0.350 e. The summed E-state index contributed by atoms with van der Waals surface area (Å²) in [5.41, 5.74) is 0. The van der Waals surface area contributed by atoms with Crippen LogP contribution in [0.5, 0.6) is 0 Å². The molecule has 15 heavy (non-hydrogen) atoms. The average Bonchev–Trinajstić information content (AvgIpc) is 2.62. The Labute approximate surface area is 98.9 Å². The number of nitrogens with one attached hydrogen (secondary N) is 1. The number of alkyl halides is 1. The molecule has 0 aliphatic carbocycles. The summed E-state index contributed by atoms with van der Waals surface area (Å²) in [5, 5.41) is 3.72. The van der Waals surface area contributed by atoms with Gasteiger partial charge in [0.15, 0.2) is 0 Å². The lowest BCUT2D eigenvalue weighted by Crippen LogP contribution is -2.29. The van der Waals surface area contributed by atoms with Crippen molar-refractivity contribution in [3.8, 4) is 0 Å². The van der Waals surface area contributed by atoms with Gasteiger partial charge in [-0.05, 0) is 13.3 Å². The summed E-state index contributed by atoms with van der Waals surface area (Å²) in [5.74, 6) is -0.0812. The zero-order valence-electron chi connectivity index (χ0n) is 8.92. The lowest BCUT2D eigenvalue weighted by atomic mass is 10.2. The van der Waals surface area contributed by atoms with Crippen molar-refractivity contribution in [3.63, 3.8) is 0 Å². The molecular formula is C10H15ClN2OS. The van der Waals surface area contributed by atoms with Crippen LogP contribution in [0.15, 0.2) is 6.20 Å². The SMILES string of the molecule is CCCC(Cl)CNC(=O)c1cnc(C)s1. The average molecular weight is 247 g/mol. The largest absolute Gasteiger partial charge is 0.350 e. The first-order valence-electron chi connectivity index (χ1n) is 4.98. The number of thiazole rings is 1. The summed E-state index contributed by atoms with van der Waals surface area (Å²) in [7, 11) is 0. The Morgan fingerprint density at radius 3 is 3.00 bits per heavy atom. The van der Waals surface area contributed by atoms with Gasteiger partial charge in [0.25, 0.3) is 5.91 Å². The minimum atomic E-state index is -0.0812. The fraction of sp³-hybridized carbons (Fsp3) is 0.600. The molecule has 1 atom stereocenters. The second-order valence-electron chi connectivity index (χ2n) is 3.34. The highest BCUT2D eigenvalue weighted by molar-refractivity contribution is 7.13. The van der Waals surface area contributed by atoms with Crippen LogP contribution in [0.25, 0.3) is 0 Å². The Balaban J connectivity index is 2.36. The number of aromatic nitrogens is 1. The summed E-state index contributed by atoms with van der Waals surface area (Å²) < 4.78 is 0. The maximum atomic E-state index is 11.6.